The molecule has 9 heteroatoms. The fourth-order valence-corrected chi connectivity index (χ4v) is 1.34. The van der Waals surface area contributed by atoms with E-state index in [-0.39, 0.29) is 5.78 Å². The van der Waals surface area contributed by atoms with E-state index in [0.29, 0.717) is 5.16 Å². The van der Waals surface area contributed by atoms with Gasteiger partial charge in [0.25, 0.3) is 5.78 Å². The molecular weight excluding hydrogens is 222 g/mol. The van der Waals surface area contributed by atoms with Crippen LogP contribution in [0.1, 0.15) is 10.5 Å². The number of hydrogen-bond donors (Lipinski definition) is 2. The number of rotatable bonds is 2. The summed E-state index contributed by atoms with van der Waals surface area (Å²) in [6, 6.07) is 0. The third-order valence-electron chi connectivity index (χ3n) is 1.65. The molecule has 8 nitrogen and oxygen atoms in total. The molecule has 0 bridgehead atoms. The SMILES string of the molecule is CSc1nc2nnc(C(=O)O)c(=O)n2[nH]1. The second kappa shape index (κ2) is 3.35. The Kier molecular flexibility index (Phi) is 2.15. The summed E-state index contributed by atoms with van der Waals surface area (Å²) < 4.78 is 0.947. The topological polar surface area (TPSA) is 113 Å². The number of carboxylic acid groups (broad SMARTS) is 1. The zero-order valence-corrected chi connectivity index (χ0v) is 8.28. The lowest BCUT2D eigenvalue weighted by Gasteiger charge is -1.91. The molecule has 0 aliphatic carbocycles. The number of aromatic amines is 1. The largest absolute Gasteiger partial charge is 0.476 e. The molecule has 0 spiro atoms. The van der Waals surface area contributed by atoms with Gasteiger partial charge >= 0.3 is 11.5 Å². The molecule has 0 saturated carbocycles. The minimum absolute atomic E-state index is 0.0503. The highest BCUT2D eigenvalue weighted by molar-refractivity contribution is 7.98. The number of nitrogens with one attached hydrogen (secondary N) is 1. The van der Waals surface area contributed by atoms with Crippen LogP contribution in [0, 0.1) is 0 Å². The Morgan fingerprint density at radius 1 is 1.53 bits per heavy atom. The minimum Gasteiger partial charge on any atom is -0.476 e. The van der Waals surface area contributed by atoms with Gasteiger partial charge in [-0.25, -0.2) is 4.79 Å². The van der Waals surface area contributed by atoms with Crippen LogP contribution in [0.25, 0.3) is 5.78 Å². The van der Waals surface area contributed by atoms with Crippen LogP contribution >= 0.6 is 11.8 Å². The zero-order chi connectivity index (χ0) is 11.0. The van der Waals surface area contributed by atoms with E-state index in [1.165, 1.54) is 11.8 Å². The smallest absolute Gasteiger partial charge is 0.362 e. The van der Waals surface area contributed by atoms with Gasteiger partial charge in [-0.2, -0.15) is 9.50 Å². The molecule has 2 aromatic rings. The van der Waals surface area contributed by atoms with Crippen molar-refractivity contribution in [3.63, 3.8) is 0 Å². The zero-order valence-electron chi connectivity index (χ0n) is 7.46. The summed E-state index contributed by atoms with van der Waals surface area (Å²) in [5.41, 5.74) is -1.41. The highest BCUT2D eigenvalue weighted by Gasteiger charge is 2.15. The molecule has 2 heterocycles. The van der Waals surface area contributed by atoms with E-state index < -0.39 is 17.2 Å². The monoisotopic (exact) mass is 227 g/mol. The average Bonchev–Trinajstić information content (AvgIpc) is 2.61. The first-order chi connectivity index (χ1) is 7.13. The van der Waals surface area contributed by atoms with Crippen molar-refractivity contribution in [3.8, 4) is 0 Å². The number of nitrogens with zero attached hydrogens (tertiary/aromatic N) is 4. The molecular formula is C6H5N5O3S. The predicted molar refractivity (Wildman–Crippen MR) is 50.1 cm³/mol. The lowest BCUT2D eigenvalue weighted by molar-refractivity contribution is 0.0686. The normalized spacial score (nSPS) is 10.7. The van der Waals surface area contributed by atoms with E-state index in [1.54, 1.807) is 6.26 Å². The summed E-state index contributed by atoms with van der Waals surface area (Å²) in [6.07, 6.45) is 1.76. The van der Waals surface area contributed by atoms with Crippen molar-refractivity contribution in [1.82, 2.24) is 24.8 Å². The van der Waals surface area contributed by atoms with Gasteiger partial charge in [0.15, 0.2) is 5.16 Å². The third-order valence-corrected chi connectivity index (χ3v) is 2.22. The van der Waals surface area contributed by atoms with Gasteiger partial charge in [0.1, 0.15) is 0 Å². The first kappa shape index (κ1) is 9.65. The van der Waals surface area contributed by atoms with Crippen molar-refractivity contribution >= 4 is 23.5 Å². The lowest BCUT2D eigenvalue weighted by atomic mass is 10.5. The number of aromatic nitrogens is 5. The van der Waals surface area contributed by atoms with Crippen LogP contribution in [0.2, 0.25) is 0 Å². The number of carbonyl (C=O) groups is 1. The highest BCUT2D eigenvalue weighted by atomic mass is 32.2. The Hall–Kier alpha value is -1.90. The van der Waals surface area contributed by atoms with Crippen molar-refractivity contribution < 1.29 is 9.90 Å². The molecule has 0 atom stereocenters. The van der Waals surface area contributed by atoms with Crippen LogP contribution in [0.15, 0.2) is 9.95 Å². The molecule has 0 amide bonds. The van der Waals surface area contributed by atoms with Gasteiger partial charge < -0.3 is 5.11 Å². The Labute approximate surface area is 86.3 Å². The van der Waals surface area contributed by atoms with E-state index in [9.17, 15) is 9.59 Å². The molecule has 2 N–H and O–H groups in total. The molecule has 78 valence electrons. The van der Waals surface area contributed by atoms with Crippen LogP contribution in [0.4, 0.5) is 0 Å². The summed E-state index contributed by atoms with van der Waals surface area (Å²) in [6.45, 7) is 0. The standard InChI is InChI=1S/C6H5N5O3S/c1-15-6-7-5-9-8-2(4(13)14)3(12)11(5)10-6/h1H3,(H,13,14)(H,7,9,10). The average molecular weight is 227 g/mol. The Bertz CT molecular complexity index is 588. The number of hydrogen-bond acceptors (Lipinski definition) is 6. The van der Waals surface area contributed by atoms with Gasteiger partial charge in [0, 0.05) is 0 Å². The van der Waals surface area contributed by atoms with Crippen LogP contribution in [-0.2, 0) is 0 Å². The van der Waals surface area contributed by atoms with Gasteiger partial charge in [-0.1, -0.05) is 11.8 Å². The fourth-order valence-electron chi connectivity index (χ4n) is 0.989. The summed E-state index contributed by atoms with van der Waals surface area (Å²) in [7, 11) is 0. The molecule has 0 fully saturated rings. The summed E-state index contributed by atoms with van der Waals surface area (Å²) >= 11 is 1.28. The van der Waals surface area contributed by atoms with E-state index >= 15 is 0 Å². The molecule has 2 aromatic heterocycles. The number of fused-ring (bicyclic) bond motifs is 1. The van der Waals surface area contributed by atoms with Crippen molar-refractivity contribution in [2.45, 2.75) is 5.16 Å². The predicted octanol–water partition coefficient (Wildman–Crippen LogP) is -0.767. The van der Waals surface area contributed by atoms with Crippen molar-refractivity contribution in [3.05, 3.63) is 16.0 Å². The Morgan fingerprint density at radius 2 is 2.27 bits per heavy atom. The van der Waals surface area contributed by atoms with Gasteiger partial charge in [-0.05, 0) is 6.26 Å². The molecule has 0 aliphatic rings. The first-order valence-electron chi connectivity index (χ1n) is 3.76. The van der Waals surface area contributed by atoms with Crippen molar-refractivity contribution in [2.24, 2.45) is 0 Å². The molecule has 0 aliphatic heterocycles. The molecule has 0 unspecified atom stereocenters. The molecule has 15 heavy (non-hydrogen) atoms. The number of thioether (sulfide) groups is 1. The summed E-state index contributed by atoms with van der Waals surface area (Å²) in [5, 5.41) is 18.5. The maximum absolute atomic E-state index is 11.5. The molecule has 2 rings (SSSR count). The van der Waals surface area contributed by atoms with E-state index in [2.05, 4.69) is 20.3 Å². The highest BCUT2D eigenvalue weighted by Crippen LogP contribution is 2.07. The fraction of sp³-hybridized carbons (Fsp3) is 0.167. The van der Waals surface area contributed by atoms with Crippen LogP contribution in [0.3, 0.4) is 0 Å². The van der Waals surface area contributed by atoms with Crippen LogP contribution in [0.5, 0.6) is 0 Å². The molecule has 0 saturated heterocycles. The Morgan fingerprint density at radius 3 is 2.87 bits per heavy atom. The second-order valence-corrected chi connectivity index (χ2v) is 3.32. The van der Waals surface area contributed by atoms with E-state index in [1.807, 2.05) is 0 Å². The van der Waals surface area contributed by atoms with Gasteiger partial charge in [0.2, 0.25) is 5.69 Å². The number of H-pyrrole nitrogens is 1. The first-order valence-corrected chi connectivity index (χ1v) is 4.98. The third kappa shape index (κ3) is 1.46. The Balaban J connectivity index is 2.78. The van der Waals surface area contributed by atoms with Gasteiger partial charge in [-0.3, -0.25) is 9.89 Å². The van der Waals surface area contributed by atoms with Crippen molar-refractivity contribution in [1.29, 1.82) is 0 Å². The summed E-state index contributed by atoms with van der Waals surface area (Å²) in [5.74, 6) is -1.36. The quantitative estimate of drug-likeness (QED) is 0.647. The van der Waals surface area contributed by atoms with E-state index in [0.717, 1.165) is 4.52 Å². The number of aromatic carboxylic acids is 1. The minimum atomic E-state index is -1.41. The maximum atomic E-state index is 11.5. The summed E-state index contributed by atoms with van der Waals surface area (Å²) in [4.78, 5) is 26.0. The van der Waals surface area contributed by atoms with Gasteiger partial charge in [-0.15, -0.1) is 10.2 Å². The van der Waals surface area contributed by atoms with Gasteiger partial charge in [0.05, 0.1) is 0 Å². The second-order valence-electron chi connectivity index (χ2n) is 2.53. The molecule has 0 radical (unpaired) electrons. The maximum Gasteiger partial charge on any atom is 0.362 e. The van der Waals surface area contributed by atoms with Crippen LogP contribution in [-0.4, -0.2) is 42.1 Å². The van der Waals surface area contributed by atoms with Crippen LogP contribution < -0.4 is 5.56 Å². The van der Waals surface area contributed by atoms with E-state index in [4.69, 9.17) is 5.11 Å². The molecule has 0 aromatic carbocycles. The van der Waals surface area contributed by atoms with Crippen molar-refractivity contribution in [2.75, 3.05) is 6.26 Å². The number of carboxylic acids is 1. The lowest BCUT2D eigenvalue weighted by Crippen LogP contribution is -2.25.